The van der Waals surface area contributed by atoms with Crippen LogP contribution in [0.15, 0.2) is 36.5 Å². The summed E-state index contributed by atoms with van der Waals surface area (Å²) >= 11 is 0. The van der Waals surface area contributed by atoms with Crippen molar-refractivity contribution in [1.82, 2.24) is 9.97 Å². The first kappa shape index (κ1) is 11.9. The van der Waals surface area contributed by atoms with Crippen LogP contribution < -0.4 is 10.1 Å². The van der Waals surface area contributed by atoms with Crippen molar-refractivity contribution in [1.29, 1.82) is 5.26 Å². The van der Waals surface area contributed by atoms with Crippen LogP contribution in [0.4, 0.5) is 5.95 Å². The molecule has 0 spiro atoms. The quantitative estimate of drug-likeness (QED) is 0.889. The van der Waals surface area contributed by atoms with Gasteiger partial charge in [-0.05, 0) is 31.2 Å². The Hall–Kier alpha value is -2.61. The van der Waals surface area contributed by atoms with Gasteiger partial charge in [-0.2, -0.15) is 10.2 Å². The summed E-state index contributed by atoms with van der Waals surface area (Å²) in [5.41, 5.74) is 0.596. The Morgan fingerprint density at radius 2 is 2.06 bits per heavy atom. The minimum Gasteiger partial charge on any atom is -0.439 e. The summed E-state index contributed by atoms with van der Waals surface area (Å²) in [6.45, 7) is 2.72. The maximum absolute atomic E-state index is 8.69. The second kappa shape index (κ2) is 5.64. The van der Waals surface area contributed by atoms with Crippen molar-refractivity contribution in [3.63, 3.8) is 0 Å². The van der Waals surface area contributed by atoms with Gasteiger partial charge in [0.2, 0.25) is 11.8 Å². The van der Waals surface area contributed by atoms with Crippen LogP contribution in [0.25, 0.3) is 0 Å². The van der Waals surface area contributed by atoms with E-state index in [4.69, 9.17) is 10.00 Å². The van der Waals surface area contributed by atoms with Crippen molar-refractivity contribution >= 4 is 5.95 Å². The zero-order valence-electron chi connectivity index (χ0n) is 9.92. The molecule has 0 radical (unpaired) electrons. The third kappa shape index (κ3) is 2.95. The van der Waals surface area contributed by atoms with Crippen LogP contribution in [-0.4, -0.2) is 16.5 Å². The van der Waals surface area contributed by atoms with E-state index in [2.05, 4.69) is 21.4 Å². The number of rotatable bonds is 4. The Kier molecular flexibility index (Phi) is 3.72. The molecule has 0 atom stereocenters. The molecule has 0 bridgehead atoms. The van der Waals surface area contributed by atoms with Crippen molar-refractivity contribution < 1.29 is 4.74 Å². The van der Waals surface area contributed by atoms with Crippen LogP contribution in [0.3, 0.4) is 0 Å². The molecule has 0 saturated heterocycles. The van der Waals surface area contributed by atoms with Gasteiger partial charge < -0.3 is 10.1 Å². The van der Waals surface area contributed by atoms with Crippen molar-refractivity contribution in [3.8, 4) is 17.7 Å². The van der Waals surface area contributed by atoms with E-state index in [1.54, 1.807) is 36.5 Å². The zero-order chi connectivity index (χ0) is 12.8. The fraction of sp³-hybridized carbons (Fsp3) is 0.154. The van der Waals surface area contributed by atoms with Gasteiger partial charge in [0, 0.05) is 18.8 Å². The number of nitrogens with zero attached hydrogens (tertiary/aromatic N) is 3. The van der Waals surface area contributed by atoms with Crippen LogP contribution in [0.1, 0.15) is 12.5 Å². The van der Waals surface area contributed by atoms with Gasteiger partial charge in [0.25, 0.3) is 0 Å². The lowest BCUT2D eigenvalue weighted by Crippen LogP contribution is -2.02. The first-order valence-corrected chi connectivity index (χ1v) is 5.56. The van der Waals surface area contributed by atoms with E-state index >= 15 is 0 Å². The summed E-state index contributed by atoms with van der Waals surface area (Å²) in [4.78, 5) is 8.24. The molecule has 1 N–H and O–H groups in total. The lowest BCUT2D eigenvalue weighted by Gasteiger charge is -2.06. The second-order valence-corrected chi connectivity index (χ2v) is 3.49. The molecule has 5 nitrogen and oxygen atoms in total. The maximum Gasteiger partial charge on any atom is 0.225 e. The Labute approximate surface area is 105 Å². The highest BCUT2D eigenvalue weighted by atomic mass is 16.5. The molecule has 2 aromatic rings. The van der Waals surface area contributed by atoms with Crippen molar-refractivity contribution in [2.24, 2.45) is 0 Å². The van der Waals surface area contributed by atoms with Crippen LogP contribution in [0, 0.1) is 11.3 Å². The normalized spacial score (nSPS) is 9.56. The smallest absolute Gasteiger partial charge is 0.225 e. The van der Waals surface area contributed by atoms with Gasteiger partial charge in [-0.3, -0.25) is 0 Å². The number of hydrogen-bond donors (Lipinski definition) is 1. The SMILES string of the molecule is CCNc1nccc(Oc2ccc(C#N)cc2)n1. The third-order valence-corrected chi connectivity index (χ3v) is 2.17. The summed E-state index contributed by atoms with van der Waals surface area (Å²) in [6, 6.07) is 10.6. The van der Waals surface area contributed by atoms with E-state index in [1.165, 1.54) is 0 Å². The van der Waals surface area contributed by atoms with Crippen LogP contribution in [-0.2, 0) is 0 Å². The van der Waals surface area contributed by atoms with Gasteiger partial charge >= 0.3 is 0 Å². The van der Waals surface area contributed by atoms with E-state index < -0.39 is 0 Å². The fourth-order valence-corrected chi connectivity index (χ4v) is 1.36. The van der Waals surface area contributed by atoms with Gasteiger partial charge in [-0.25, -0.2) is 4.98 Å². The molecule has 0 amide bonds. The van der Waals surface area contributed by atoms with Gasteiger partial charge in [0.1, 0.15) is 5.75 Å². The van der Waals surface area contributed by atoms with E-state index in [-0.39, 0.29) is 0 Å². The molecule has 0 unspecified atom stereocenters. The third-order valence-electron chi connectivity index (χ3n) is 2.17. The first-order valence-electron chi connectivity index (χ1n) is 5.56. The Bertz CT molecular complexity index is 560. The molecule has 1 heterocycles. The lowest BCUT2D eigenvalue weighted by atomic mass is 10.2. The average molecular weight is 240 g/mol. The molecule has 1 aromatic heterocycles. The summed E-state index contributed by atoms with van der Waals surface area (Å²) in [7, 11) is 0. The molecular formula is C13H12N4O. The molecule has 18 heavy (non-hydrogen) atoms. The molecule has 0 saturated carbocycles. The van der Waals surface area contributed by atoms with Crippen LogP contribution in [0.5, 0.6) is 11.6 Å². The van der Waals surface area contributed by atoms with E-state index in [9.17, 15) is 0 Å². The van der Waals surface area contributed by atoms with E-state index in [0.29, 0.717) is 23.1 Å². The highest BCUT2D eigenvalue weighted by Crippen LogP contribution is 2.19. The number of nitrogens with one attached hydrogen (secondary N) is 1. The van der Waals surface area contributed by atoms with Crippen molar-refractivity contribution in [2.75, 3.05) is 11.9 Å². The van der Waals surface area contributed by atoms with Gasteiger partial charge in [-0.15, -0.1) is 0 Å². The van der Waals surface area contributed by atoms with Crippen molar-refractivity contribution in [3.05, 3.63) is 42.1 Å². The molecule has 5 heteroatoms. The number of ether oxygens (including phenoxy) is 1. The number of hydrogen-bond acceptors (Lipinski definition) is 5. The first-order chi connectivity index (χ1) is 8.81. The van der Waals surface area contributed by atoms with E-state index in [0.717, 1.165) is 6.54 Å². The average Bonchev–Trinajstić information content (AvgIpc) is 2.40. The molecule has 90 valence electrons. The predicted octanol–water partition coefficient (Wildman–Crippen LogP) is 2.57. The monoisotopic (exact) mass is 240 g/mol. The molecule has 0 aliphatic rings. The Morgan fingerprint density at radius 1 is 1.28 bits per heavy atom. The highest BCUT2D eigenvalue weighted by molar-refractivity contribution is 5.36. The van der Waals surface area contributed by atoms with Gasteiger partial charge in [0.05, 0.1) is 11.6 Å². The molecule has 0 fully saturated rings. The predicted molar refractivity (Wildman–Crippen MR) is 67.4 cm³/mol. The number of aromatic nitrogens is 2. The molecule has 0 aliphatic heterocycles. The lowest BCUT2D eigenvalue weighted by molar-refractivity contribution is 0.462. The van der Waals surface area contributed by atoms with Crippen LogP contribution in [0.2, 0.25) is 0 Å². The minimum atomic E-state index is 0.464. The minimum absolute atomic E-state index is 0.464. The summed E-state index contributed by atoms with van der Waals surface area (Å²) in [6.07, 6.45) is 1.63. The van der Waals surface area contributed by atoms with Crippen molar-refractivity contribution in [2.45, 2.75) is 6.92 Å². The molecule has 0 aliphatic carbocycles. The Morgan fingerprint density at radius 3 is 2.72 bits per heavy atom. The molecular weight excluding hydrogens is 228 g/mol. The maximum atomic E-state index is 8.69. The molecule has 1 aromatic carbocycles. The fourth-order valence-electron chi connectivity index (χ4n) is 1.36. The molecule has 2 rings (SSSR count). The largest absolute Gasteiger partial charge is 0.439 e. The Balaban J connectivity index is 2.12. The number of nitriles is 1. The van der Waals surface area contributed by atoms with E-state index in [1.807, 2.05) is 6.92 Å². The van der Waals surface area contributed by atoms with Crippen LogP contribution >= 0.6 is 0 Å². The van der Waals surface area contributed by atoms with Gasteiger partial charge in [0.15, 0.2) is 0 Å². The van der Waals surface area contributed by atoms with Gasteiger partial charge in [-0.1, -0.05) is 0 Å². The topological polar surface area (TPSA) is 70.8 Å². The summed E-state index contributed by atoms with van der Waals surface area (Å²) in [5, 5.41) is 11.7. The zero-order valence-corrected chi connectivity index (χ0v) is 9.92. The summed E-state index contributed by atoms with van der Waals surface area (Å²) < 4.78 is 5.56. The number of benzene rings is 1. The summed E-state index contributed by atoms with van der Waals surface area (Å²) in [5.74, 6) is 1.63. The second-order valence-electron chi connectivity index (χ2n) is 3.49. The highest BCUT2D eigenvalue weighted by Gasteiger charge is 2.01. The standard InChI is InChI=1S/C13H12N4O/c1-2-15-13-16-8-7-12(17-13)18-11-5-3-10(9-14)4-6-11/h3-8H,2H2,1H3,(H,15,16,17). The number of anilines is 1.